The van der Waals surface area contributed by atoms with Crippen molar-refractivity contribution in [2.24, 2.45) is 17.3 Å². The van der Waals surface area contributed by atoms with Crippen molar-refractivity contribution in [1.82, 2.24) is 15.5 Å². The monoisotopic (exact) mass is 365 g/mol. The van der Waals surface area contributed by atoms with E-state index in [0.29, 0.717) is 13.2 Å². The fourth-order valence-electron chi connectivity index (χ4n) is 4.95. The van der Waals surface area contributed by atoms with Crippen molar-refractivity contribution < 1.29 is 14.3 Å². The van der Waals surface area contributed by atoms with Crippen molar-refractivity contribution in [1.29, 1.82) is 0 Å². The second-order valence-corrected chi connectivity index (χ2v) is 8.43. The van der Waals surface area contributed by atoms with Gasteiger partial charge in [0.2, 0.25) is 11.8 Å². The average molecular weight is 366 g/mol. The van der Waals surface area contributed by atoms with Gasteiger partial charge in [0.1, 0.15) is 0 Å². The number of likely N-dealkylation sites (tertiary alicyclic amines) is 1. The Morgan fingerprint density at radius 3 is 2.38 bits per heavy atom. The Kier molecular flexibility index (Phi) is 6.92. The highest BCUT2D eigenvalue weighted by Crippen LogP contribution is 2.33. The van der Waals surface area contributed by atoms with E-state index in [2.05, 4.69) is 10.6 Å². The largest absolute Gasteiger partial charge is 0.384 e. The Morgan fingerprint density at radius 1 is 1.08 bits per heavy atom. The summed E-state index contributed by atoms with van der Waals surface area (Å²) < 4.78 is 5.45. The summed E-state index contributed by atoms with van der Waals surface area (Å²) in [4.78, 5) is 27.9. The molecule has 148 valence electrons. The van der Waals surface area contributed by atoms with Crippen LogP contribution in [0, 0.1) is 17.3 Å². The Labute approximate surface area is 157 Å². The van der Waals surface area contributed by atoms with Crippen LogP contribution >= 0.6 is 0 Å². The molecule has 26 heavy (non-hydrogen) atoms. The molecule has 2 amide bonds. The number of hydrogen-bond acceptors (Lipinski definition) is 4. The number of nitrogens with one attached hydrogen (secondary N) is 2. The molecule has 6 nitrogen and oxygen atoms in total. The number of carbonyl (C=O) groups excluding carboxylic acids is 2. The molecule has 2 saturated heterocycles. The van der Waals surface area contributed by atoms with Crippen molar-refractivity contribution in [2.45, 2.75) is 51.4 Å². The zero-order valence-corrected chi connectivity index (χ0v) is 16.2. The predicted molar refractivity (Wildman–Crippen MR) is 101 cm³/mol. The number of piperidine rings is 1. The topological polar surface area (TPSA) is 70.7 Å². The Balaban J connectivity index is 1.59. The lowest BCUT2D eigenvalue weighted by atomic mass is 9.76. The fourth-order valence-corrected chi connectivity index (χ4v) is 4.95. The van der Waals surface area contributed by atoms with Crippen LogP contribution in [-0.4, -0.2) is 63.2 Å². The normalized spacial score (nSPS) is 28.7. The van der Waals surface area contributed by atoms with Crippen LogP contribution < -0.4 is 10.6 Å². The molecule has 6 heteroatoms. The van der Waals surface area contributed by atoms with Crippen LogP contribution in [0.15, 0.2) is 0 Å². The average Bonchev–Trinajstić information content (AvgIpc) is 3.21. The van der Waals surface area contributed by atoms with Crippen LogP contribution in [0.5, 0.6) is 0 Å². The summed E-state index contributed by atoms with van der Waals surface area (Å²) in [5, 5.41) is 6.59. The summed E-state index contributed by atoms with van der Waals surface area (Å²) in [6.45, 7) is 5.01. The maximum absolute atomic E-state index is 13.0. The molecule has 2 aliphatic heterocycles. The van der Waals surface area contributed by atoms with Gasteiger partial charge in [0.25, 0.3) is 0 Å². The summed E-state index contributed by atoms with van der Waals surface area (Å²) in [6, 6.07) is 0. The van der Waals surface area contributed by atoms with Gasteiger partial charge in [-0.25, -0.2) is 0 Å². The number of amides is 2. The molecule has 2 N–H and O–H groups in total. The van der Waals surface area contributed by atoms with Crippen molar-refractivity contribution in [3.8, 4) is 0 Å². The van der Waals surface area contributed by atoms with E-state index in [1.54, 1.807) is 7.11 Å². The highest BCUT2D eigenvalue weighted by molar-refractivity contribution is 5.88. The maximum Gasteiger partial charge on any atom is 0.226 e. The molecule has 1 saturated carbocycles. The predicted octanol–water partition coefficient (Wildman–Crippen LogP) is 1.55. The van der Waals surface area contributed by atoms with Crippen molar-refractivity contribution in [3.05, 3.63) is 0 Å². The Morgan fingerprint density at radius 2 is 1.73 bits per heavy atom. The number of nitrogens with zero attached hydrogens (tertiary/aromatic N) is 1. The van der Waals surface area contributed by atoms with Gasteiger partial charge in [-0.1, -0.05) is 12.8 Å². The maximum atomic E-state index is 13.0. The number of carbonyl (C=O) groups is 2. The van der Waals surface area contributed by atoms with E-state index in [-0.39, 0.29) is 29.1 Å². The first kappa shape index (κ1) is 19.6. The lowest BCUT2D eigenvalue weighted by molar-refractivity contribution is -0.143. The quantitative estimate of drug-likeness (QED) is 0.749. The molecule has 0 aromatic heterocycles. The summed E-state index contributed by atoms with van der Waals surface area (Å²) in [6.07, 6.45) is 8.05. The highest BCUT2D eigenvalue weighted by atomic mass is 16.5. The van der Waals surface area contributed by atoms with Crippen molar-refractivity contribution in [2.75, 3.05) is 46.4 Å². The van der Waals surface area contributed by atoms with Crippen LogP contribution in [0.3, 0.4) is 0 Å². The van der Waals surface area contributed by atoms with Gasteiger partial charge in [-0.2, -0.15) is 0 Å². The number of rotatable bonds is 6. The van der Waals surface area contributed by atoms with Gasteiger partial charge in [0.05, 0.1) is 6.61 Å². The molecule has 0 aromatic rings. The van der Waals surface area contributed by atoms with Gasteiger partial charge in [0.15, 0.2) is 0 Å². The van der Waals surface area contributed by atoms with Gasteiger partial charge in [-0.3, -0.25) is 9.59 Å². The Hall–Kier alpha value is -1.14. The molecule has 0 aromatic carbocycles. The summed E-state index contributed by atoms with van der Waals surface area (Å²) in [5.41, 5.74) is 0.0266. The minimum absolute atomic E-state index is 0.0266. The van der Waals surface area contributed by atoms with E-state index < -0.39 is 0 Å². The van der Waals surface area contributed by atoms with Crippen LogP contribution in [-0.2, 0) is 14.3 Å². The third-order valence-electron chi connectivity index (χ3n) is 6.59. The highest BCUT2D eigenvalue weighted by Gasteiger charge is 2.39. The molecule has 0 bridgehead atoms. The first-order valence-electron chi connectivity index (χ1n) is 10.4. The molecule has 0 spiro atoms. The van der Waals surface area contributed by atoms with E-state index >= 15 is 0 Å². The van der Waals surface area contributed by atoms with Crippen LogP contribution in [0.1, 0.15) is 51.4 Å². The molecule has 3 aliphatic rings. The number of hydrogen-bond donors (Lipinski definition) is 2. The van der Waals surface area contributed by atoms with Crippen LogP contribution in [0.25, 0.3) is 0 Å². The molecular weight excluding hydrogens is 330 g/mol. The molecule has 1 aliphatic carbocycles. The van der Waals surface area contributed by atoms with E-state index in [0.717, 1.165) is 77.5 Å². The summed E-state index contributed by atoms with van der Waals surface area (Å²) in [7, 11) is 1.73. The first-order chi connectivity index (χ1) is 12.7. The zero-order valence-electron chi connectivity index (χ0n) is 16.2. The number of methoxy groups -OCH3 is 1. The van der Waals surface area contributed by atoms with Gasteiger partial charge < -0.3 is 20.3 Å². The molecule has 0 radical (unpaired) electrons. The zero-order chi connectivity index (χ0) is 18.4. The van der Waals surface area contributed by atoms with Crippen LogP contribution in [0.4, 0.5) is 0 Å². The first-order valence-corrected chi connectivity index (χ1v) is 10.4. The minimum Gasteiger partial charge on any atom is -0.384 e. The molecular formula is C20H35N3O3. The van der Waals surface area contributed by atoms with E-state index in [1.165, 1.54) is 0 Å². The second-order valence-electron chi connectivity index (χ2n) is 8.43. The number of ether oxygens (including phenoxy) is 1. The molecule has 2 atom stereocenters. The van der Waals surface area contributed by atoms with Crippen LogP contribution in [0.2, 0.25) is 0 Å². The molecule has 3 fully saturated rings. The lowest BCUT2D eigenvalue weighted by Crippen LogP contribution is -2.50. The van der Waals surface area contributed by atoms with E-state index in [4.69, 9.17) is 4.74 Å². The standard InChI is InChI=1S/C20H35N3O3/c1-26-15-20(8-10-21-11-9-20)14-22-18(24)16-6-2-3-7-17(16)19(25)23-12-4-5-13-23/h16-17,21H,2-15H2,1H3,(H,22,24). The minimum atomic E-state index is -0.154. The lowest BCUT2D eigenvalue weighted by Gasteiger charge is -2.38. The Bertz CT molecular complexity index is 479. The molecule has 3 rings (SSSR count). The summed E-state index contributed by atoms with van der Waals surface area (Å²) >= 11 is 0. The van der Waals surface area contributed by atoms with Gasteiger partial charge in [-0.05, 0) is 51.6 Å². The third kappa shape index (κ3) is 4.58. The second kappa shape index (κ2) is 9.18. The van der Waals surface area contributed by atoms with Crippen molar-refractivity contribution in [3.63, 3.8) is 0 Å². The smallest absolute Gasteiger partial charge is 0.226 e. The van der Waals surface area contributed by atoms with Gasteiger partial charge in [0, 0.05) is 44.0 Å². The fraction of sp³-hybridized carbons (Fsp3) is 0.900. The van der Waals surface area contributed by atoms with Gasteiger partial charge >= 0.3 is 0 Å². The molecule has 2 unspecified atom stereocenters. The summed E-state index contributed by atoms with van der Waals surface area (Å²) in [5.74, 6) is 0.0264. The third-order valence-corrected chi connectivity index (χ3v) is 6.59. The van der Waals surface area contributed by atoms with E-state index in [9.17, 15) is 9.59 Å². The molecule has 2 heterocycles. The van der Waals surface area contributed by atoms with Gasteiger partial charge in [-0.15, -0.1) is 0 Å². The van der Waals surface area contributed by atoms with Crippen molar-refractivity contribution >= 4 is 11.8 Å². The SMILES string of the molecule is COCC1(CNC(=O)C2CCCCC2C(=O)N2CCCC2)CCNCC1. The van der Waals surface area contributed by atoms with E-state index in [1.807, 2.05) is 4.90 Å².